The van der Waals surface area contributed by atoms with E-state index in [2.05, 4.69) is 0 Å². The Kier molecular flexibility index (Phi) is 3.89. The minimum atomic E-state index is -2.25. The predicted molar refractivity (Wildman–Crippen MR) is 53.7 cm³/mol. The second kappa shape index (κ2) is 4.96. The molecule has 0 aliphatic heterocycles. The Hall–Kier alpha value is -1.31. The van der Waals surface area contributed by atoms with Gasteiger partial charge in [-0.05, 0) is 5.56 Å². The van der Waals surface area contributed by atoms with Crippen LogP contribution in [0.4, 0.5) is 5.69 Å². The zero-order valence-corrected chi connectivity index (χ0v) is 8.38. The van der Waals surface area contributed by atoms with Crippen LogP contribution in [0.2, 0.25) is 0 Å². The Bertz CT molecular complexity index is 394. The average molecular weight is 231 g/mol. The van der Waals surface area contributed by atoms with Crippen molar-refractivity contribution in [3.63, 3.8) is 0 Å². The molecule has 2 N–H and O–H groups in total. The van der Waals surface area contributed by atoms with E-state index >= 15 is 0 Å². The van der Waals surface area contributed by atoms with E-state index < -0.39 is 27.9 Å². The first kappa shape index (κ1) is 11.8. The Balaban J connectivity index is 3.08. The van der Waals surface area contributed by atoms with E-state index in [0.29, 0.717) is 0 Å². The summed E-state index contributed by atoms with van der Waals surface area (Å²) in [4.78, 5) is 9.84. The van der Waals surface area contributed by atoms with Crippen molar-refractivity contribution in [3.05, 3.63) is 39.9 Å². The number of rotatable bonds is 4. The van der Waals surface area contributed by atoms with Crippen molar-refractivity contribution in [2.24, 2.45) is 0 Å². The number of nitro groups is 1. The summed E-state index contributed by atoms with van der Waals surface area (Å²) in [6, 6.07) is 5.32. The summed E-state index contributed by atoms with van der Waals surface area (Å²) in [5.74, 6) is 0. The number of aliphatic hydroxyl groups excluding tert-OH is 1. The molecule has 0 spiro atoms. The Morgan fingerprint density at radius 3 is 2.67 bits per heavy atom. The maximum Gasteiger partial charge on any atom is 0.269 e. The van der Waals surface area contributed by atoms with Crippen LogP contribution in [-0.4, -0.2) is 25.4 Å². The lowest BCUT2D eigenvalue weighted by atomic mass is 10.1. The number of nitro benzene ring substituents is 1. The molecule has 0 bridgehead atoms. The highest BCUT2D eigenvalue weighted by Crippen LogP contribution is 2.22. The van der Waals surface area contributed by atoms with E-state index in [0.717, 1.165) is 0 Å². The number of aliphatic hydroxyl groups is 1. The molecule has 0 fully saturated rings. The van der Waals surface area contributed by atoms with E-state index in [9.17, 15) is 14.3 Å². The van der Waals surface area contributed by atoms with Crippen LogP contribution in [0.25, 0.3) is 0 Å². The Morgan fingerprint density at radius 2 is 2.20 bits per heavy atom. The van der Waals surface area contributed by atoms with Gasteiger partial charge in [0.2, 0.25) is 0 Å². The molecular weight excluding hydrogens is 222 g/mol. The third-order valence-electron chi connectivity index (χ3n) is 1.86. The van der Waals surface area contributed by atoms with Gasteiger partial charge in [-0.2, -0.15) is 0 Å². The summed E-state index contributed by atoms with van der Waals surface area (Å²) in [7, 11) is 0. The number of hydrogen-bond acceptors (Lipinski definition) is 4. The van der Waals surface area contributed by atoms with E-state index in [1.54, 1.807) is 0 Å². The van der Waals surface area contributed by atoms with Gasteiger partial charge in [-0.1, -0.05) is 12.1 Å². The third kappa shape index (κ3) is 2.82. The molecular formula is C8H9NO5S. The minimum Gasteiger partial charge on any atom is -0.395 e. The van der Waals surface area contributed by atoms with Crippen molar-refractivity contribution in [2.45, 2.75) is 5.25 Å². The number of benzene rings is 1. The molecule has 0 aliphatic carbocycles. The largest absolute Gasteiger partial charge is 0.395 e. The molecule has 1 aromatic rings. The van der Waals surface area contributed by atoms with Gasteiger partial charge in [0.15, 0.2) is 11.1 Å². The van der Waals surface area contributed by atoms with Crippen molar-refractivity contribution in [1.29, 1.82) is 0 Å². The molecule has 82 valence electrons. The average Bonchev–Trinajstić information content (AvgIpc) is 2.18. The fourth-order valence-corrected chi connectivity index (χ4v) is 1.63. The van der Waals surface area contributed by atoms with Crippen molar-refractivity contribution in [2.75, 3.05) is 6.61 Å². The topological polar surface area (TPSA) is 101 Å². The van der Waals surface area contributed by atoms with E-state index in [1.807, 2.05) is 0 Å². The quantitative estimate of drug-likeness (QED) is 0.454. The Labute approximate surface area is 88.0 Å². The lowest BCUT2D eigenvalue weighted by Gasteiger charge is -2.09. The van der Waals surface area contributed by atoms with Gasteiger partial charge in [0.05, 0.1) is 11.5 Å². The van der Waals surface area contributed by atoms with Gasteiger partial charge in [0, 0.05) is 12.1 Å². The molecule has 0 saturated carbocycles. The second-order valence-corrected chi connectivity index (χ2v) is 3.92. The van der Waals surface area contributed by atoms with Crippen LogP contribution in [0.3, 0.4) is 0 Å². The van der Waals surface area contributed by atoms with Crippen molar-refractivity contribution < 1.29 is 18.8 Å². The molecule has 0 heterocycles. The van der Waals surface area contributed by atoms with Crippen LogP contribution in [0.1, 0.15) is 10.8 Å². The molecule has 1 rings (SSSR count). The molecule has 1 aromatic carbocycles. The summed E-state index contributed by atoms with van der Waals surface area (Å²) >= 11 is -2.25. The molecule has 0 radical (unpaired) electrons. The standard InChI is InChI=1S/C8H9NO5S/c10-5-8(15(13)14)6-2-1-3-7(4-6)9(11)12/h1-4,8,10H,5H2,(H,13,14). The van der Waals surface area contributed by atoms with Crippen molar-refractivity contribution >= 4 is 16.8 Å². The predicted octanol–water partition coefficient (Wildman–Crippen LogP) is 0.850. The van der Waals surface area contributed by atoms with Gasteiger partial charge >= 0.3 is 0 Å². The van der Waals surface area contributed by atoms with Crippen LogP contribution < -0.4 is 0 Å². The zero-order valence-electron chi connectivity index (χ0n) is 7.57. The molecule has 0 aromatic heterocycles. The van der Waals surface area contributed by atoms with Gasteiger partial charge in [-0.3, -0.25) is 10.1 Å². The van der Waals surface area contributed by atoms with Crippen molar-refractivity contribution in [3.8, 4) is 0 Å². The molecule has 2 atom stereocenters. The van der Waals surface area contributed by atoms with Crippen LogP contribution in [0.15, 0.2) is 24.3 Å². The highest BCUT2D eigenvalue weighted by Gasteiger charge is 2.18. The summed E-state index contributed by atoms with van der Waals surface area (Å²) in [5, 5.41) is 18.3. The second-order valence-electron chi connectivity index (χ2n) is 2.80. The highest BCUT2D eigenvalue weighted by molar-refractivity contribution is 7.79. The van der Waals surface area contributed by atoms with Crippen LogP contribution in [0.5, 0.6) is 0 Å². The molecule has 6 nitrogen and oxygen atoms in total. The van der Waals surface area contributed by atoms with Gasteiger partial charge in [0.1, 0.15) is 5.25 Å². The SMILES string of the molecule is O=[N+]([O-])c1cccc(C(CO)S(=O)O)c1. The maximum atomic E-state index is 10.8. The maximum absolute atomic E-state index is 10.8. The molecule has 0 saturated heterocycles. The van der Waals surface area contributed by atoms with E-state index in [4.69, 9.17) is 9.66 Å². The van der Waals surface area contributed by atoms with Crippen LogP contribution in [-0.2, 0) is 11.1 Å². The van der Waals surface area contributed by atoms with Gasteiger partial charge in [-0.15, -0.1) is 0 Å². The fourth-order valence-electron chi connectivity index (χ4n) is 1.12. The van der Waals surface area contributed by atoms with Gasteiger partial charge in [-0.25, -0.2) is 4.21 Å². The van der Waals surface area contributed by atoms with Crippen LogP contribution >= 0.6 is 0 Å². The van der Waals surface area contributed by atoms with Gasteiger partial charge < -0.3 is 9.66 Å². The van der Waals surface area contributed by atoms with Crippen LogP contribution in [0, 0.1) is 10.1 Å². The summed E-state index contributed by atoms with van der Waals surface area (Å²) < 4.78 is 19.6. The molecule has 2 unspecified atom stereocenters. The van der Waals surface area contributed by atoms with E-state index in [-0.39, 0.29) is 11.3 Å². The number of non-ortho nitro benzene ring substituents is 1. The zero-order chi connectivity index (χ0) is 11.4. The molecule has 0 amide bonds. The first-order valence-electron chi connectivity index (χ1n) is 4.01. The Morgan fingerprint density at radius 1 is 1.53 bits per heavy atom. The first-order valence-corrected chi connectivity index (χ1v) is 5.18. The van der Waals surface area contributed by atoms with E-state index in [1.165, 1.54) is 24.3 Å². The third-order valence-corrected chi connectivity index (χ3v) is 2.77. The smallest absolute Gasteiger partial charge is 0.269 e. The molecule has 15 heavy (non-hydrogen) atoms. The summed E-state index contributed by atoms with van der Waals surface area (Å²) in [5.41, 5.74) is 0.101. The monoisotopic (exact) mass is 231 g/mol. The number of hydrogen-bond donors (Lipinski definition) is 2. The lowest BCUT2D eigenvalue weighted by Crippen LogP contribution is -2.10. The molecule has 0 aliphatic rings. The first-order chi connectivity index (χ1) is 7.06. The lowest BCUT2D eigenvalue weighted by molar-refractivity contribution is -0.384. The summed E-state index contributed by atoms with van der Waals surface area (Å²) in [6.07, 6.45) is 0. The van der Waals surface area contributed by atoms with Crippen molar-refractivity contribution in [1.82, 2.24) is 0 Å². The minimum absolute atomic E-state index is 0.170. The van der Waals surface area contributed by atoms with Gasteiger partial charge in [0.25, 0.3) is 5.69 Å². The molecule has 7 heteroatoms. The highest BCUT2D eigenvalue weighted by atomic mass is 32.2. The normalized spacial score (nSPS) is 14.5. The number of nitrogens with zero attached hydrogens (tertiary/aromatic N) is 1. The fraction of sp³-hybridized carbons (Fsp3) is 0.250. The summed E-state index contributed by atoms with van der Waals surface area (Å²) in [6.45, 7) is -0.537.